The van der Waals surface area contributed by atoms with Crippen molar-refractivity contribution in [3.63, 3.8) is 0 Å². The maximum Gasteiger partial charge on any atom is 0.279 e. The molecule has 6 nitrogen and oxygen atoms in total. The first kappa shape index (κ1) is 21.6. The van der Waals surface area contributed by atoms with Crippen molar-refractivity contribution in [3.05, 3.63) is 54.3 Å². The average Bonchev–Trinajstić information content (AvgIpc) is 2.69. The quantitative estimate of drug-likeness (QED) is 0.494. The second kappa shape index (κ2) is 11.2. The van der Waals surface area contributed by atoms with E-state index in [-0.39, 0.29) is 18.1 Å². The summed E-state index contributed by atoms with van der Waals surface area (Å²) in [4.78, 5) is 24.7. The van der Waals surface area contributed by atoms with Crippen LogP contribution in [0.1, 0.15) is 20.3 Å². The Hall–Kier alpha value is -2.74. The summed E-state index contributed by atoms with van der Waals surface area (Å²) in [5.41, 5.74) is 4.70. The summed E-state index contributed by atoms with van der Waals surface area (Å²) in [6, 6.07) is 13.0. The number of carbonyl (C=O) groups is 2. The number of hydrogen-bond acceptors (Lipinski definition) is 5. The van der Waals surface area contributed by atoms with E-state index in [1.807, 2.05) is 6.92 Å². The van der Waals surface area contributed by atoms with Crippen molar-refractivity contribution in [1.82, 2.24) is 10.9 Å². The highest BCUT2D eigenvalue weighted by molar-refractivity contribution is 7.99. The third-order valence-corrected chi connectivity index (χ3v) is 4.57. The average molecular weight is 406 g/mol. The number of amides is 2. The Bertz CT molecular complexity index is 769. The molecule has 0 aromatic heterocycles. The van der Waals surface area contributed by atoms with Gasteiger partial charge < -0.3 is 9.47 Å². The number of thioether (sulfide) groups is 1. The van der Waals surface area contributed by atoms with Gasteiger partial charge in [-0.2, -0.15) is 0 Å². The molecule has 8 heteroatoms. The minimum absolute atomic E-state index is 0.205. The molecule has 0 bridgehead atoms. The van der Waals surface area contributed by atoms with Crippen LogP contribution in [0, 0.1) is 5.82 Å². The van der Waals surface area contributed by atoms with Crippen molar-refractivity contribution in [1.29, 1.82) is 0 Å². The Labute approximate surface area is 167 Å². The molecule has 2 amide bonds. The van der Waals surface area contributed by atoms with Crippen molar-refractivity contribution in [2.45, 2.75) is 31.3 Å². The molecular formula is C20H23FN2O4S. The van der Waals surface area contributed by atoms with Crippen molar-refractivity contribution in [2.75, 3.05) is 12.4 Å². The van der Waals surface area contributed by atoms with Gasteiger partial charge in [0.2, 0.25) is 5.91 Å². The largest absolute Gasteiger partial charge is 0.494 e. The maximum atomic E-state index is 12.8. The van der Waals surface area contributed by atoms with E-state index < -0.39 is 12.0 Å². The highest BCUT2D eigenvalue weighted by atomic mass is 32.2. The third kappa shape index (κ3) is 7.48. The number of ether oxygens (including phenoxy) is 2. The number of rotatable bonds is 9. The van der Waals surface area contributed by atoms with Crippen LogP contribution in [0.5, 0.6) is 11.5 Å². The first-order valence-electron chi connectivity index (χ1n) is 8.84. The lowest BCUT2D eigenvalue weighted by atomic mass is 10.3. The lowest BCUT2D eigenvalue weighted by Crippen LogP contribution is -2.47. The molecule has 28 heavy (non-hydrogen) atoms. The summed E-state index contributed by atoms with van der Waals surface area (Å²) in [5, 5.41) is 0. The predicted molar refractivity (Wildman–Crippen MR) is 106 cm³/mol. The normalized spacial score (nSPS) is 11.4. The van der Waals surface area contributed by atoms with E-state index in [1.165, 1.54) is 23.9 Å². The van der Waals surface area contributed by atoms with Gasteiger partial charge in [0.25, 0.3) is 5.91 Å². The van der Waals surface area contributed by atoms with Gasteiger partial charge in [-0.15, -0.1) is 11.8 Å². The molecule has 0 spiro atoms. The summed E-state index contributed by atoms with van der Waals surface area (Å²) in [6.45, 7) is 4.05. The zero-order valence-corrected chi connectivity index (χ0v) is 16.6. The van der Waals surface area contributed by atoms with Crippen LogP contribution in [-0.4, -0.2) is 30.3 Å². The molecule has 0 unspecified atom stereocenters. The molecule has 2 rings (SSSR count). The second-order valence-corrected chi connectivity index (χ2v) is 6.92. The van der Waals surface area contributed by atoms with Gasteiger partial charge in [-0.05, 0) is 62.4 Å². The van der Waals surface area contributed by atoms with Crippen LogP contribution in [0.4, 0.5) is 4.39 Å². The van der Waals surface area contributed by atoms with Crippen LogP contribution in [0.15, 0.2) is 53.4 Å². The second-order valence-electron chi connectivity index (χ2n) is 5.75. The fourth-order valence-corrected chi connectivity index (χ4v) is 2.98. The van der Waals surface area contributed by atoms with Crippen molar-refractivity contribution >= 4 is 23.6 Å². The van der Waals surface area contributed by atoms with Crippen LogP contribution in [0.25, 0.3) is 0 Å². The number of halogens is 1. The predicted octanol–water partition coefficient (Wildman–Crippen LogP) is 3.32. The monoisotopic (exact) mass is 406 g/mol. The van der Waals surface area contributed by atoms with Gasteiger partial charge in [0, 0.05) is 17.1 Å². The van der Waals surface area contributed by atoms with Crippen LogP contribution < -0.4 is 20.3 Å². The summed E-state index contributed by atoms with van der Waals surface area (Å²) < 4.78 is 23.7. The zero-order chi connectivity index (χ0) is 20.4. The SMILES string of the molecule is CCOc1ccc(O[C@@H](C)C(=O)NNC(=O)CCSc2ccc(F)cc2)cc1. The standard InChI is InChI=1S/C20H23FN2O4S/c1-3-26-16-6-8-17(9-7-16)27-14(2)20(25)23-22-19(24)12-13-28-18-10-4-15(21)5-11-18/h4-11,14H,3,12-13H2,1-2H3,(H,22,24)(H,23,25)/t14-/m0/s1. The fraction of sp³-hybridized carbons (Fsp3) is 0.300. The molecule has 0 saturated carbocycles. The Balaban J connectivity index is 1.67. The van der Waals surface area contributed by atoms with Crippen molar-refractivity contribution in [3.8, 4) is 11.5 Å². The smallest absolute Gasteiger partial charge is 0.279 e. The van der Waals surface area contributed by atoms with Gasteiger partial charge in [-0.3, -0.25) is 20.4 Å². The van der Waals surface area contributed by atoms with E-state index in [2.05, 4.69) is 10.9 Å². The molecule has 0 aliphatic heterocycles. The lowest BCUT2D eigenvalue weighted by molar-refractivity contribution is -0.132. The Kier molecular flexibility index (Phi) is 8.61. The minimum atomic E-state index is -0.785. The molecule has 2 aromatic rings. The highest BCUT2D eigenvalue weighted by Gasteiger charge is 2.15. The summed E-state index contributed by atoms with van der Waals surface area (Å²) in [5.74, 6) is 0.660. The van der Waals surface area contributed by atoms with Gasteiger partial charge in [0.15, 0.2) is 6.10 Å². The lowest BCUT2D eigenvalue weighted by Gasteiger charge is -2.15. The first-order chi connectivity index (χ1) is 13.5. The molecule has 150 valence electrons. The molecule has 0 aliphatic carbocycles. The van der Waals surface area contributed by atoms with E-state index in [0.717, 1.165) is 10.6 Å². The molecule has 0 aliphatic rings. The molecule has 0 saturated heterocycles. The number of benzene rings is 2. The minimum Gasteiger partial charge on any atom is -0.494 e. The molecule has 2 N–H and O–H groups in total. The number of hydrogen-bond donors (Lipinski definition) is 2. The topological polar surface area (TPSA) is 76.7 Å². The van der Waals surface area contributed by atoms with Crippen LogP contribution in [0.2, 0.25) is 0 Å². The zero-order valence-electron chi connectivity index (χ0n) is 15.7. The van der Waals surface area contributed by atoms with Crippen LogP contribution in [0.3, 0.4) is 0 Å². The molecule has 0 fully saturated rings. The third-order valence-electron chi connectivity index (χ3n) is 3.55. The fourth-order valence-electron chi connectivity index (χ4n) is 2.13. The Morgan fingerprint density at radius 1 is 1.04 bits per heavy atom. The Morgan fingerprint density at radius 2 is 1.68 bits per heavy atom. The van der Waals surface area contributed by atoms with Gasteiger partial charge >= 0.3 is 0 Å². The van der Waals surface area contributed by atoms with E-state index in [9.17, 15) is 14.0 Å². The van der Waals surface area contributed by atoms with E-state index in [4.69, 9.17) is 9.47 Å². The molecule has 1 atom stereocenters. The molecule has 2 aromatic carbocycles. The maximum absolute atomic E-state index is 12.8. The summed E-state index contributed by atoms with van der Waals surface area (Å²) >= 11 is 1.43. The van der Waals surface area contributed by atoms with Crippen LogP contribution in [-0.2, 0) is 9.59 Å². The number of nitrogens with one attached hydrogen (secondary N) is 2. The van der Waals surface area contributed by atoms with Gasteiger partial charge in [-0.1, -0.05) is 0 Å². The van der Waals surface area contributed by atoms with Gasteiger partial charge in [0.1, 0.15) is 17.3 Å². The van der Waals surface area contributed by atoms with Crippen molar-refractivity contribution in [2.24, 2.45) is 0 Å². The summed E-state index contributed by atoms with van der Waals surface area (Å²) in [7, 11) is 0. The van der Waals surface area contributed by atoms with Crippen molar-refractivity contribution < 1.29 is 23.5 Å². The highest BCUT2D eigenvalue weighted by Crippen LogP contribution is 2.19. The first-order valence-corrected chi connectivity index (χ1v) is 9.83. The number of hydrazine groups is 1. The van der Waals surface area contributed by atoms with E-state index >= 15 is 0 Å². The molecule has 0 radical (unpaired) electrons. The molecule has 0 heterocycles. The molecular weight excluding hydrogens is 383 g/mol. The van der Waals surface area contributed by atoms with E-state index in [1.54, 1.807) is 43.3 Å². The van der Waals surface area contributed by atoms with Gasteiger partial charge in [0.05, 0.1) is 6.61 Å². The van der Waals surface area contributed by atoms with Crippen LogP contribution >= 0.6 is 11.8 Å². The van der Waals surface area contributed by atoms with Gasteiger partial charge in [-0.25, -0.2) is 4.39 Å². The van der Waals surface area contributed by atoms with E-state index in [0.29, 0.717) is 18.1 Å². The number of carbonyl (C=O) groups excluding carboxylic acids is 2. The summed E-state index contributed by atoms with van der Waals surface area (Å²) in [6.07, 6.45) is -0.581. The Morgan fingerprint density at radius 3 is 2.32 bits per heavy atom.